The minimum absolute atomic E-state index is 0.175. The first-order valence-electron chi connectivity index (χ1n) is 6.89. The number of likely N-dealkylation sites (tertiary alicyclic amines) is 1. The van der Waals surface area contributed by atoms with Gasteiger partial charge in [-0.3, -0.25) is 9.69 Å². The summed E-state index contributed by atoms with van der Waals surface area (Å²) < 4.78 is 0. The molecule has 0 amide bonds. The number of anilines is 1. The van der Waals surface area contributed by atoms with Crippen LogP contribution < -0.4 is 10.9 Å². The predicted octanol–water partition coefficient (Wildman–Crippen LogP) is 1.47. The summed E-state index contributed by atoms with van der Waals surface area (Å²) in [5.74, 6) is 1.49. The molecule has 20 heavy (non-hydrogen) atoms. The van der Waals surface area contributed by atoms with E-state index in [9.17, 15) is 4.79 Å². The average Bonchev–Trinajstić information content (AvgIpc) is 2.95. The maximum absolute atomic E-state index is 11.8. The molecular weight excluding hydrogens is 254 g/mol. The first kappa shape index (κ1) is 11.6. The Labute approximate surface area is 115 Å². The molecule has 1 aromatic carbocycles. The van der Waals surface area contributed by atoms with Gasteiger partial charge in [0.2, 0.25) is 0 Å². The number of H-pyrrole nitrogens is 1. The van der Waals surface area contributed by atoms with Crippen molar-refractivity contribution in [1.82, 2.24) is 15.1 Å². The van der Waals surface area contributed by atoms with Crippen LogP contribution in [0.25, 0.3) is 10.8 Å². The number of nitrogens with zero attached hydrogens (tertiary/aromatic N) is 3. The monoisotopic (exact) mass is 269 g/mol. The number of rotatable bonds is 2. The molecule has 0 radical (unpaired) electrons. The molecule has 1 fully saturated rings. The van der Waals surface area contributed by atoms with E-state index in [4.69, 9.17) is 0 Å². The van der Waals surface area contributed by atoms with Crippen LogP contribution in [0.4, 0.5) is 11.5 Å². The summed E-state index contributed by atoms with van der Waals surface area (Å²) in [6.45, 7) is 3.05. The number of hydrogen-bond acceptors (Lipinski definition) is 5. The van der Waals surface area contributed by atoms with Gasteiger partial charge in [-0.1, -0.05) is 6.07 Å². The lowest BCUT2D eigenvalue weighted by atomic mass is 10.1. The molecule has 3 heterocycles. The third-order valence-electron chi connectivity index (χ3n) is 3.89. The Balaban J connectivity index is 1.78. The zero-order valence-corrected chi connectivity index (χ0v) is 11.0. The van der Waals surface area contributed by atoms with Gasteiger partial charge in [0.05, 0.1) is 23.0 Å². The molecule has 0 bridgehead atoms. The molecule has 0 spiro atoms. The lowest BCUT2D eigenvalue weighted by molar-refractivity contribution is 0.388. The van der Waals surface area contributed by atoms with Gasteiger partial charge in [0.15, 0.2) is 5.82 Å². The standard InChI is InChI=1S/C14H15N5O/c20-14-9-4-3-5-10-12(9)13(17-18-14)16-11(15-10)8-19-6-1-2-7-19/h3-5H,1-2,6-8H2,(H,18,20)(H,15,16,17). The maximum atomic E-state index is 11.8. The van der Waals surface area contributed by atoms with Crippen molar-refractivity contribution >= 4 is 28.1 Å². The molecule has 0 atom stereocenters. The Morgan fingerprint density at radius 3 is 2.95 bits per heavy atom. The molecule has 1 saturated heterocycles. The van der Waals surface area contributed by atoms with Crippen molar-refractivity contribution < 1.29 is 0 Å². The average molecular weight is 269 g/mol. The summed E-state index contributed by atoms with van der Waals surface area (Å²) in [6.07, 6.45) is 2.51. The van der Waals surface area contributed by atoms with Crippen molar-refractivity contribution in [3.8, 4) is 0 Å². The van der Waals surface area contributed by atoms with Gasteiger partial charge in [-0.25, -0.2) is 10.1 Å². The number of amidine groups is 1. The van der Waals surface area contributed by atoms with E-state index in [-0.39, 0.29) is 5.56 Å². The molecule has 0 unspecified atom stereocenters. The highest BCUT2D eigenvalue weighted by molar-refractivity contribution is 6.12. The zero-order chi connectivity index (χ0) is 13.5. The van der Waals surface area contributed by atoms with Crippen LogP contribution in [0.3, 0.4) is 0 Å². The summed E-state index contributed by atoms with van der Waals surface area (Å²) in [7, 11) is 0. The second-order valence-electron chi connectivity index (χ2n) is 5.27. The van der Waals surface area contributed by atoms with Crippen molar-refractivity contribution in [3.63, 3.8) is 0 Å². The van der Waals surface area contributed by atoms with E-state index >= 15 is 0 Å². The predicted molar refractivity (Wildman–Crippen MR) is 78.8 cm³/mol. The molecule has 2 N–H and O–H groups in total. The molecule has 2 aliphatic rings. The molecule has 6 nitrogen and oxygen atoms in total. The minimum Gasteiger partial charge on any atom is -0.342 e. The number of aromatic nitrogens is 2. The van der Waals surface area contributed by atoms with Gasteiger partial charge in [-0.2, -0.15) is 5.10 Å². The zero-order valence-electron chi connectivity index (χ0n) is 11.0. The number of aliphatic imine (C=N–C) groups is 1. The van der Waals surface area contributed by atoms with Gasteiger partial charge in [0, 0.05) is 0 Å². The number of hydrogen-bond donors (Lipinski definition) is 2. The highest BCUT2D eigenvalue weighted by atomic mass is 16.1. The van der Waals surface area contributed by atoms with E-state index in [0.29, 0.717) is 11.2 Å². The summed E-state index contributed by atoms with van der Waals surface area (Å²) >= 11 is 0. The quantitative estimate of drug-likeness (QED) is 0.866. The minimum atomic E-state index is -0.175. The third-order valence-corrected chi connectivity index (χ3v) is 3.89. The fourth-order valence-corrected chi connectivity index (χ4v) is 2.93. The van der Waals surface area contributed by atoms with E-state index in [1.54, 1.807) is 6.07 Å². The van der Waals surface area contributed by atoms with E-state index < -0.39 is 0 Å². The normalized spacial score (nSPS) is 18.1. The summed E-state index contributed by atoms with van der Waals surface area (Å²) in [5, 5.41) is 11.4. The van der Waals surface area contributed by atoms with Crippen molar-refractivity contribution in [1.29, 1.82) is 0 Å². The SMILES string of the molecule is O=c1[nH]nc2c3c(cccc13)NC(CN1CCCC1)=N2. The Hall–Kier alpha value is -2.21. The van der Waals surface area contributed by atoms with Crippen LogP contribution in [0, 0.1) is 0 Å². The van der Waals surface area contributed by atoms with Gasteiger partial charge in [-0.05, 0) is 38.1 Å². The fourth-order valence-electron chi connectivity index (χ4n) is 2.93. The van der Waals surface area contributed by atoms with Crippen molar-refractivity contribution in [2.45, 2.75) is 12.8 Å². The lowest BCUT2D eigenvalue weighted by Crippen LogP contribution is -2.32. The van der Waals surface area contributed by atoms with Gasteiger partial charge >= 0.3 is 0 Å². The molecule has 0 saturated carbocycles. The molecule has 2 aromatic rings. The Morgan fingerprint density at radius 2 is 2.10 bits per heavy atom. The molecule has 102 valence electrons. The van der Waals surface area contributed by atoms with Crippen LogP contribution >= 0.6 is 0 Å². The first-order valence-corrected chi connectivity index (χ1v) is 6.89. The number of benzene rings is 1. The van der Waals surface area contributed by atoms with Crippen LogP contribution in [0.15, 0.2) is 28.0 Å². The third kappa shape index (κ3) is 1.80. The highest BCUT2D eigenvalue weighted by Crippen LogP contribution is 2.31. The molecule has 6 heteroatoms. The van der Waals surface area contributed by atoms with E-state index in [2.05, 4.69) is 25.4 Å². The number of aromatic amines is 1. The van der Waals surface area contributed by atoms with Gasteiger partial charge in [0.25, 0.3) is 5.56 Å². The molecular formula is C14H15N5O. The lowest BCUT2D eigenvalue weighted by Gasteiger charge is -2.21. The fraction of sp³-hybridized carbons (Fsp3) is 0.357. The van der Waals surface area contributed by atoms with Gasteiger partial charge in [-0.15, -0.1) is 0 Å². The maximum Gasteiger partial charge on any atom is 0.272 e. The Kier molecular flexibility index (Phi) is 2.56. The molecule has 0 aliphatic carbocycles. The van der Waals surface area contributed by atoms with Gasteiger partial charge in [0.1, 0.15) is 5.84 Å². The second-order valence-corrected chi connectivity index (χ2v) is 5.27. The second kappa shape index (κ2) is 4.42. The molecule has 4 rings (SSSR count). The van der Waals surface area contributed by atoms with Crippen LogP contribution in [0.5, 0.6) is 0 Å². The summed E-state index contributed by atoms with van der Waals surface area (Å²) in [4.78, 5) is 18.7. The van der Waals surface area contributed by atoms with Crippen molar-refractivity contribution in [3.05, 3.63) is 28.6 Å². The Morgan fingerprint density at radius 1 is 1.25 bits per heavy atom. The van der Waals surface area contributed by atoms with Crippen LogP contribution in [0.1, 0.15) is 12.8 Å². The molecule has 2 aliphatic heterocycles. The van der Waals surface area contributed by atoms with Crippen LogP contribution in [-0.4, -0.2) is 40.6 Å². The van der Waals surface area contributed by atoms with E-state index in [0.717, 1.165) is 36.5 Å². The van der Waals surface area contributed by atoms with E-state index in [1.807, 2.05) is 12.1 Å². The van der Waals surface area contributed by atoms with E-state index in [1.165, 1.54) is 12.8 Å². The molecule has 1 aromatic heterocycles. The largest absolute Gasteiger partial charge is 0.342 e. The smallest absolute Gasteiger partial charge is 0.272 e. The van der Waals surface area contributed by atoms with Crippen molar-refractivity contribution in [2.75, 3.05) is 25.0 Å². The van der Waals surface area contributed by atoms with Crippen molar-refractivity contribution in [2.24, 2.45) is 4.99 Å². The summed E-state index contributed by atoms with van der Waals surface area (Å²) in [6, 6.07) is 5.64. The van der Waals surface area contributed by atoms with Crippen LogP contribution in [0.2, 0.25) is 0 Å². The Bertz CT molecular complexity index is 758. The highest BCUT2D eigenvalue weighted by Gasteiger charge is 2.20. The van der Waals surface area contributed by atoms with Crippen LogP contribution in [-0.2, 0) is 0 Å². The first-order chi connectivity index (χ1) is 9.81. The topological polar surface area (TPSA) is 73.4 Å². The van der Waals surface area contributed by atoms with Gasteiger partial charge < -0.3 is 5.32 Å². The summed E-state index contributed by atoms with van der Waals surface area (Å²) in [5.41, 5.74) is 0.742. The number of nitrogens with one attached hydrogen (secondary N) is 2.